The SMILES string of the molecule is Cc1cccc(-c2c(C3=CCCC(OC(F)(F)F)=C3)cc3n2CCNC3=O)c1. The van der Waals surface area contributed by atoms with Crippen molar-refractivity contribution in [3.63, 3.8) is 0 Å². The molecule has 146 valence electrons. The maximum Gasteiger partial charge on any atom is 0.572 e. The number of carbonyl (C=O) groups is 1. The van der Waals surface area contributed by atoms with Crippen molar-refractivity contribution < 1.29 is 22.7 Å². The van der Waals surface area contributed by atoms with Gasteiger partial charge in [0.05, 0.1) is 5.69 Å². The predicted octanol–water partition coefficient (Wildman–Crippen LogP) is 4.80. The van der Waals surface area contributed by atoms with Gasteiger partial charge in [0.25, 0.3) is 5.91 Å². The summed E-state index contributed by atoms with van der Waals surface area (Å²) in [7, 11) is 0. The van der Waals surface area contributed by atoms with Crippen molar-refractivity contribution in [2.24, 2.45) is 0 Å². The van der Waals surface area contributed by atoms with Gasteiger partial charge in [-0.25, -0.2) is 0 Å². The molecule has 7 heteroatoms. The first-order chi connectivity index (χ1) is 13.3. The highest BCUT2D eigenvalue weighted by molar-refractivity contribution is 5.98. The zero-order chi connectivity index (χ0) is 19.9. The summed E-state index contributed by atoms with van der Waals surface area (Å²) >= 11 is 0. The maximum absolute atomic E-state index is 12.7. The lowest BCUT2D eigenvalue weighted by molar-refractivity contribution is -0.306. The first-order valence-electron chi connectivity index (χ1n) is 9.07. The highest BCUT2D eigenvalue weighted by Gasteiger charge is 2.33. The molecular weight excluding hydrogens is 369 g/mol. The lowest BCUT2D eigenvalue weighted by Crippen LogP contribution is -2.35. The van der Waals surface area contributed by atoms with Crippen LogP contribution in [0, 0.1) is 6.92 Å². The molecule has 1 N–H and O–H groups in total. The van der Waals surface area contributed by atoms with Crippen molar-refractivity contribution in [1.29, 1.82) is 0 Å². The molecule has 4 nitrogen and oxygen atoms in total. The van der Waals surface area contributed by atoms with E-state index in [-0.39, 0.29) is 18.1 Å². The number of aryl methyl sites for hydroxylation is 1. The van der Waals surface area contributed by atoms with Crippen LogP contribution in [0.15, 0.2) is 48.2 Å². The highest BCUT2D eigenvalue weighted by Crippen LogP contribution is 2.38. The van der Waals surface area contributed by atoms with E-state index in [4.69, 9.17) is 0 Å². The largest absolute Gasteiger partial charge is 0.572 e. The second-order valence-electron chi connectivity index (χ2n) is 6.93. The monoisotopic (exact) mass is 388 g/mol. The summed E-state index contributed by atoms with van der Waals surface area (Å²) in [5, 5.41) is 2.82. The summed E-state index contributed by atoms with van der Waals surface area (Å²) < 4.78 is 44.1. The minimum Gasteiger partial charge on any atom is -0.410 e. The predicted molar refractivity (Wildman–Crippen MR) is 99.4 cm³/mol. The van der Waals surface area contributed by atoms with Gasteiger partial charge in [0, 0.05) is 25.1 Å². The Morgan fingerprint density at radius 3 is 2.79 bits per heavy atom. The smallest absolute Gasteiger partial charge is 0.410 e. The molecule has 4 rings (SSSR count). The quantitative estimate of drug-likeness (QED) is 0.821. The minimum absolute atomic E-state index is 0.117. The summed E-state index contributed by atoms with van der Waals surface area (Å²) in [5.41, 5.74) is 4.71. The van der Waals surface area contributed by atoms with Gasteiger partial charge >= 0.3 is 6.36 Å². The number of carbonyl (C=O) groups excluding carboxylic acids is 1. The Hall–Kier alpha value is -2.96. The first-order valence-corrected chi connectivity index (χ1v) is 9.07. The molecule has 1 amide bonds. The van der Waals surface area contributed by atoms with E-state index in [1.54, 1.807) is 6.07 Å². The van der Waals surface area contributed by atoms with Crippen LogP contribution in [0.5, 0.6) is 0 Å². The van der Waals surface area contributed by atoms with Gasteiger partial charge in [-0.15, -0.1) is 13.2 Å². The number of amides is 1. The van der Waals surface area contributed by atoms with Gasteiger partial charge in [0.1, 0.15) is 11.5 Å². The second-order valence-corrected chi connectivity index (χ2v) is 6.93. The molecule has 2 heterocycles. The number of benzene rings is 1. The van der Waals surface area contributed by atoms with E-state index in [0.717, 1.165) is 22.4 Å². The molecular formula is C21H19F3N2O2. The molecule has 1 aliphatic heterocycles. The van der Waals surface area contributed by atoms with E-state index in [1.165, 1.54) is 6.08 Å². The number of hydrogen-bond donors (Lipinski definition) is 1. The number of fused-ring (bicyclic) bond motifs is 1. The number of rotatable bonds is 3. The zero-order valence-corrected chi connectivity index (χ0v) is 15.3. The van der Waals surface area contributed by atoms with Crippen LogP contribution in [0.2, 0.25) is 0 Å². The van der Waals surface area contributed by atoms with E-state index in [9.17, 15) is 18.0 Å². The highest BCUT2D eigenvalue weighted by atomic mass is 19.4. The Balaban J connectivity index is 1.85. The normalized spacial score (nSPS) is 16.8. The Kier molecular flexibility index (Phi) is 4.53. The minimum atomic E-state index is -4.71. The fourth-order valence-electron chi connectivity index (χ4n) is 3.76. The van der Waals surface area contributed by atoms with Crippen LogP contribution in [0.3, 0.4) is 0 Å². The van der Waals surface area contributed by atoms with E-state index in [2.05, 4.69) is 10.1 Å². The molecule has 0 atom stereocenters. The van der Waals surface area contributed by atoms with Crippen LogP contribution >= 0.6 is 0 Å². The summed E-state index contributed by atoms with van der Waals surface area (Å²) in [6.45, 7) is 3.09. The van der Waals surface area contributed by atoms with Gasteiger partial charge in [-0.2, -0.15) is 0 Å². The van der Waals surface area contributed by atoms with Crippen LogP contribution < -0.4 is 5.32 Å². The van der Waals surface area contributed by atoms with E-state index >= 15 is 0 Å². The fourth-order valence-corrected chi connectivity index (χ4v) is 3.76. The molecule has 1 aromatic heterocycles. The third-order valence-corrected chi connectivity index (χ3v) is 4.87. The lowest BCUT2D eigenvalue weighted by atomic mass is 9.95. The number of nitrogens with one attached hydrogen (secondary N) is 1. The first kappa shape index (κ1) is 18.4. The van der Waals surface area contributed by atoms with Crippen LogP contribution in [0.4, 0.5) is 13.2 Å². The van der Waals surface area contributed by atoms with Crippen molar-refractivity contribution in [1.82, 2.24) is 9.88 Å². The van der Waals surface area contributed by atoms with Crippen molar-refractivity contribution in [2.45, 2.75) is 32.7 Å². The van der Waals surface area contributed by atoms with E-state index in [1.807, 2.05) is 41.8 Å². The van der Waals surface area contributed by atoms with Crippen LogP contribution in [0.1, 0.15) is 34.5 Å². The molecule has 2 aromatic rings. The average Bonchev–Trinajstić information content (AvgIpc) is 3.01. The molecule has 0 saturated heterocycles. The average molecular weight is 388 g/mol. The Morgan fingerprint density at radius 1 is 1.21 bits per heavy atom. The molecule has 0 fully saturated rings. The molecule has 0 unspecified atom stereocenters. The second kappa shape index (κ2) is 6.89. The molecule has 0 saturated carbocycles. The Morgan fingerprint density at radius 2 is 2.04 bits per heavy atom. The number of alkyl halides is 3. The number of nitrogens with zero attached hydrogens (tertiary/aromatic N) is 1. The molecule has 0 bridgehead atoms. The summed E-state index contributed by atoms with van der Waals surface area (Å²) in [6, 6.07) is 9.63. The van der Waals surface area contributed by atoms with E-state index < -0.39 is 6.36 Å². The maximum atomic E-state index is 12.7. The van der Waals surface area contributed by atoms with Gasteiger partial charge in [0.2, 0.25) is 0 Å². The molecule has 28 heavy (non-hydrogen) atoms. The lowest BCUT2D eigenvalue weighted by Gasteiger charge is -2.20. The van der Waals surface area contributed by atoms with Gasteiger partial charge in [-0.05, 0) is 42.7 Å². The van der Waals surface area contributed by atoms with Crippen LogP contribution in [-0.2, 0) is 11.3 Å². The fraction of sp³-hybridized carbons (Fsp3) is 0.286. The van der Waals surface area contributed by atoms with E-state index in [0.29, 0.717) is 30.8 Å². The van der Waals surface area contributed by atoms with Crippen molar-refractivity contribution in [3.05, 3.63) is 65.1 Å². The van der Waals surface area contributed by atoms with Crippen molar-refractivity contribution in [2.75, 3.05) is 6.54 Å². The van der Waals surface area contributed by atoms with Crippen molar-refractivity contribution >= 4 is 11.5 Å². The standard InChI is InChI=1S/C21H19F3N2O2/c1-13-4-2-6-15(10-13)19-17(12-18-20(27)25-8-9-26(18)19)14-5-3-7-16(11-14)28-21(22,23)24/h2,4-6,10-12H,3,7-9H2,1H3,(H,25,27). The number of hydrogen-bond acceptors (Lipinski definition) is 2. The number of aromatic nitrogens is 1. The Bertz CT molecular complexity index is 1000. The third kappa shape index (κ3) is 3.56. The van der Waals surface area contributed by atoms with Gasteiger partial charge in [-0.1, -0.05) is 29.8 Å². The van der Waals surface area contributed by atoms with Crippen LogP contribution in [0.25, 0.3) is 16.8 Å². The zero-order valence-electron chi connectivity index (χ0n) is 15.3. The summed E-state index contributed by atoms with van der Waals surface area (Å²) in [5.74, 6) is -0.299. The topological polar surface area (TPSA) is 43.3 Å². The van der Waals surface area contributed by atoms with Gasteiger partial charge < -0.3 is 14.6 Å². The van der Waals surface area contributed by atoms with Gasteiger partial charge in [0.15, 0.2) is 0 Å². The molecule has 1 aliphatic carbocycles. The molecule has 1 aromatic carbocycles. The number of allylic oxidation sites excluding steroid dienone is 4. The summed E-state index contributed by atoms with van der Waals surface area (Å²) in [4.78, 5) is 12.3. The van der Waals surface area contributed by atoms with Crippen molar-refractivity contribution in [3.8, 4) is 11.3 Å². The Labute approximate surface area is 160 Å². The summed E-state index contributed by atoms with van der Waals surface area (Å²) in [6.07, 6.45) is -0.765. The third-order valence-electron chi connectivity index (χ3n) is 4.87. The number of halogens is 3. The molecule has 0 spiro atoms. The number of ether oxygens (including phenoxy) is 1. The molecule has 2 aliphatic rings. The van der Waals surface area contributed by atoms with Crippen LogP contribution in [-0.4, -0.2) is 23.4 Å². The molecule has 0 radical (unpaired) electrons. The van der Waals surface area contributed by atoms with Gasteiger partial charge in [-0.3, -0.25) is 4.79 Å².